The molecule has 0 atom stereocenters. The SMILES string of the molecule is ClCCN(CCCl)c1ccc(CN2CCCCCC2)cc1. The maximum Gasteiger partial charge on any atom is 0.0399 e. The highest BCUT2D eigenvalue weighted by Crippen LogP contribution is 2.18. The van der Waals surface area contributed by atoms with E-state index in [9.17, 15) is 0 Å². The Bertz CT molecular complexity index is 380. The smallest absolute Gasteiger partial charge is 0.0399 e. The topological polar surface area (TPSA) is 6.48 Å². The van der Waals surface area contributed by atoms with Gasteiger partial charge in [-0.2, -0.15) is 0 Å². The van der Waals surface area contributed by atoms with Crippen molar-refractivity contribution in [3.05, 3.63) is 29.8 Å². The van der Waals surface area contributed by atoms with Gasteiger partial charge in [0.15, 0.2) is 0 Å². The average Bonchev–Trinajstić information content (AvgIpc) is 2.77. The first-order valence-corrected chi connectivity index (χ1v) is 9.08. The average molecular weight is 329 g/mol. The highest BCUT2D eigenvalue weighted by atomic mass is 35.5. The molecule has 0 N–H and O–H groups in total. The Labute approximate surface area is 139 Å². The second kappa shape index (κ2) is 9.55. The number of anilines is 1. The summed E-state index contributed by atoms with van der Waals surface area (Å²) in [5.74, 6) is 1.26. The largest absolute Gasteiger partial charge is 0.369 e. The molecule has 118 valence electrons. The fourth-order valence-corrected chi connectivity index (χ4v) is 3.35. The zero-order chi connectivity index (χ0) is 14.9. The van der Waals surface area contributed by atoms with Gasteiger partial charge in [-0.05, 0) is 43.6 Å². The number of benzene rings is 1. The van der Waals surface area contributed by atoms with E-state index in [0.717, 1.165) is 19.6 Å². The third-order valence-corrected chi connectivity index (χ3v) is 4.45. The van der Waals surface area contributed by atoms with Crippen molar-refractivity contribution in [2.75, 3.05) is 42.8 Å². The van der Waals surface area contributed by atoms with Crippen LogP contribution in [0.3, 0.4) is 0 Å². The lowest BCUT2D eigenvalue weighted by Gasteiger charge is -2.24. The Morgan fingerprint density at radius 3 is 1.95 bits per heavy atom. The van der Waals surface area contributed by atoms with Gasteiger partial charge in [-0.25, -0.2) is 0 Å². The van der Waals surface area contributed by atoms with Crippen LogP contribution in [-0.4, -0.2) is 42.8 Å². The van der Waals surface area contributed by atoms with Crippen molar-refractivity contribution in [1.82, 2.24) is 4.90 Å². The van der Waals surface area contributed by atoms with E-state index in [1.165, 1.54) is 50.0 Å². The van der Waals surface area contributed by atoms with Gasteiger partial charge in [0.2, 0.25) is 0 Å². The quantitative estimate of drug-likeness (QED) is 0.686. The van der Waals surface area contributed by atoms with E-state index in [1.807, 2.05) is 0 Å². The monoisotopic (exact) mass is 328 g/mol. The van der Waals surface area contributed by atoms with Gasteiger partial charge in [-0.3, -0.25) is 4.90 Å². The third kappa shape index (κ3) is 5.69. The summed E-state index contributed by atoms with van der Waals surface area (Å²) >= 11 is 11.7. The number of hydrogen-bond donors (Lipinski definition) is 0. The van der Waals surface area contributed by atoms with Crippen LogP contribution >= 0.6 is 23.2 Å². The van der Waals surface area contributed by atoms with Gasteiger partial charge in [0.05, 0.1) is 0 Å². The fourth-order valence-electron chi connectivity index (χ4n) is 2.94. The van der Waals surface area contributed by atoms with Crippen molar-refractivity contribution >= 4 is 28.9 Å². The highest BCUT2D eigenvalue weighted by Gasteiger charge is 2.10. The zero-order valence-corrected chi connectivity index (χ0v) is 14.2. The Morgan fingerprint density at radius 2 is 1.43 bits per heavy atom. The normalized spacial score (nSPS) is 16.7. The molecule has 1 aliphatic heterocycles. The van der Waals surface area contributed by atoms with Gasteiger partial charge in [-0.1, -0.05) is 25.0 Å². The fraction of sp³-hybridized carbons (Fsp3) is 0.647. The molecule has 1 saturated heterocycles. The molecule has 0 bridgehead atoms. The minimum absolute atomic E-state index is 0.631. The van der Waals surface area contributed by atoms with E-state index in [0.29, 0.717) is 11.8 Å². The zero-order valence-electron chi connectivity index (χ0n) is 12.7. The highest BCUT2D eigenvalue weighted by molar-refractivity contribution is 6.18. The van der Waals surface area contributed by atoms with Crippen molar-refractivity contribution in [3.63, 3.8) is 0 Å². The van der Waals surface area contributed by atoms with Gasteiger partial charge in [0.25, 0.3) is 0 Å². The molecular weight excluding hydrogens is 303 g/mol. The molecule has 21 heavy (non-hydrogen) atoms. The number of hydrogen-bond acceptors (Lipinski definition) is 2. The van der Waals surface area contributed by atoms with E-state index < -0.39 is 0 Å². The lowest BCUT2D eigenvalue weighted by molar-refractivity contribution is 0.277. The Kier molecular flexibility index (Phi) is 7.70. The first kappa shape index (κ1) is 16.9. The summed E-state index contributed by atoms with van der Waals surface area (Å²) in [6.07, 6.45) is 5.47. The number of halogens is 2. The van der Waals surface area contributed by atoms with E-state index in [4.69, 9.17) is 23.2 Å². The van der Waals surface area contributed by atoms with Crippen molar-refractivity contribution in [3.8, 4) is 0 Å². The number of nitrogens with zero attached hydrogens (tertiary/aromatic N) is 2. The second-order valence-corrected chi connectivity index (χ2v) is 6.48. The second-order valence-electron chi connectivity index (χ2n) is 5.72. The number of likely N-dealkylation sites (tertiary alicyclic amines) is 1. The maximum absolute atomic E-state index is 5.87. The standard InChI is InChI=1S/C17H26Cl2N2/c18-9-13-21(14-10-19)17-7-5-16(6-8-17)15-20-11-3-1-2-4-12-20/h5-8H,1-4,9-15H2. The lowest BCUT2D eigenvalue weighted by Crippen LogP contribution is -2.27. The van der Waals surface area contributed by atoms with Crippen LogP contribution in [0.2, 0.25) is 0 Å². The Balaban J connectivity index is 1.93. The molecular formula is C17H26Cl2N2. The van der Waals surface area contributed by atoms with Crippen LogP contribution in [0.4, 0.5) is 5.69 Å². The van der Waals surface area contributed by atoms with E-state index in [-0.39, 0.29) is 0 Å². The van der Waals surface area contributed by atoms with Crippen LogP contribution < -0.4 is 4.90 Å². The molecule has 2 rings (SSSR count). The molecule has 4 heteroatoms. The van der Waals surface area contributed by atoms with Crippen LogP contribution in [0.15, 0.2) is 24.3 Å². The number of alkyl halides is 2. The predicted octanol–water partition coefficient (Wildman–Crippen LogP) is 4.35. The summed E-state index contributed by atoms with van der Waals surface area (Å²) in [5.41, 5.74) is 2.62. The number of rotatable bonds is 7. The molecule has 1 aromatic carbocycles. The van der Waals surface area contributed by atoms with Crippen LogP contribution in [0.25, 0.3) is 0 Å². The summed E-state index contributed by atoms with van der Waals surface area (Å²) < 4.78 is 0. The Morgan fingerprint density at radius 1 is 0.857 bits per heavy atom. The van der Waals surface area contributed by atoms with Gasteiger partial charge in [-0.15, -0.1) is 23.2 Å². The summed E-state index contributed by atoms with van der Waals surface area (Å²) in [6, 6.07) is 8.89. The maximum atomic E-state index is 5.87. The third-order valence-electron chi connectivity index (χ3n) is 4.12. The summed E-state index contributed by atoms with van der Waals surface area (Å²) in [4.78, 5) is 4.83. The van der Waals surface area contributed by atoms with Crippen LogP contribution in [0.5, 0.6) is 0 Å². The molecule has 0 amide bonds. The van der Waals surface area contributed by atoms with Crippen LogP contribution in [0.1, 0.15) is 31.2 Å². The molecule has 0 radical (unpaired) electrons. The molecule has 2 nitrogen and oxygen atoms in total. The minimum atomic E-state index is 0.631. The van der Waals surface area contributed by atoms with Gasteiger partial charge in [0, 0.05) is 37.1 Å². The molecule has 1 fully saturated rings. The van der Waals surface area contributed by atoms with Gasteiger partial charge >= 0.3 is 0 Å². The molecule has 1 heterocycles. The van der Waals surface area contributed by atoms with E-state index in [1.54, 1.807) is 0 Å². The molecule has 0 aromatic heterocycles. The van der Waals surface area contributed by atoms with Gasteiger partial charge < -0.3 is 4.90 Å². The molecule has 1 aromatic rings. The molecule has 0 unspecified atom stereocenters. The summed E-state index contributed by atoms with van der Waals surface area (Å²) in [7, 11) is 0. The van der Waals surface area contributed by atoms with E-state index >= 15 is 0 Å². The predicted molar refractivity (Wildman–Crippen MR) is 93.8 cm³/mol. The molecule has 0 saturated carbocycles. The van der Waals surface area contributed by atoms with Crippen LogP contribution in [0, 0.1) is 0 Å². The van der Waals surface area contributed by atoms with Gasteiger partial charge in [0.1, 0.15) is 0 Å². The van der Waals surface area contributed by atoms with E-state index in [2.05, 4.69) is 34.1 Å². The first-order chi connectivity index (χ1) is 10.3. The Hall–Kier alpha value is -0.440. The van der Waals surface area contributed by atoms with Crippen molar-refractivity contribution in [1.29, 1.82) is 0 Å². The summed E-state index contributed by atoms with van der Waals surface area (Å²) in [6.45, 7) is 5.25. The first-order valence-electron chi connectivity index (χ1n) is 8.01. The minimum Gasteiger partial charge on any atom is -0.369 e. The molecule has 0 spiro atoms. The van der Waals surface area contributed by atoms with Crippen molar-refractivity contribution in [2.45, 2.75) is 32.2 Å². The van der Waals surface area contributed by atoms with Crippen LogP contribution in [-0.2, 0) is 6.54 Å². The molecule has 1 aliphatic rings. The van der Waals surface area contributed by atoms with Crippen molar-refractivity contribution in [2.24, 2.45) is 0 Å². The lowest BCUT2D eigenvalue weighted by atomic mass is 10.1. The molecule has 0 aliphatic carbocycles. The summed E-state index contributed by atoms with van der Waals surface area (Å²) in [5, 5.41) is 0. The van der Waals surface area contributed by atoms with Crippen molar-refractivity contribution < 1.29 is 0 Å².